The second kappa shape index (κ2) is 7.60. The molecule has 3 amide bonds. The zero-order valence-electron chi connectivity index (χ0n) is 14.8. The molecule has 1 N–H and O–H groups in total. The molecule has 28 heavy (non-hydrogen) atoms. The Kier molecular flexibility index (Phi) is 5.16. The maximum atomic E-state index is 12.7. The summed E-state index contributed by atoms with van der Waals surface area (Å²) in [5.41, 5.74) is -0.0982. The third-order valence-corrected chi connectivity index (χ3v) is 6.15. The minimum absolute atomic E-state index is 0.113. The van der Waals surface area contributed by atoms with Crippen LogP contribution in [0.1, 0.15) is 36.2 Å². The standard InChI is InChI=1S/C19H17ClN2O5S/c20-10-5-6-15-11(7-10)14(23)8-16(27-15)18(25)21-12-3-1-2-4-13(12)22-17(24)9-28-19(22)26/h5-8,12-13H,1-4,9H2,(H,21,25)/t12-,13+/m0/s1. The van der Waals surface area contributed by atoms with Crippen LogP contribution in [0.25, 0.3) is 11.0 Å². The third-order valence-electron chi connectivity index (χ3n) is 5.08. The maximum Gasteiger partial charge on any atom is 0.289 e. The van der Waals surface area contributed by atoms with Crippen LogP contribution in [-0.2, 0) is 4.79 Å². The van der Waals surface area contributed by atoms with Crippen LogP contribution >= 0.6 is 23.4 Å². The van der Waals surface area contributed by atoms with Crippen molar-refractivity contribution in [2.24, 2.45) is 0 Å². The summed E-state index contributed by atoms with van der Waals surface area (Å²) in [5.74, 6) is -0.747. The van der Waals surface area contributed by atoms with Crippen molar-refractivity contribution >= 4 is 51.4 Å². The first-order valence-corrected chi connectivity index (χ1v) is 10.3. The fourth-order valence-corrected chi connectivity index (χ4v) is 4.69. The van der Waals surface area contributed by atoms with Gasteiger partial charge in [0.1, 0.15) is 5.58 Å². The van der Waals surface area contributed by atoms with E-state index in [0.717, 1.165) is 30.7 Å². The average Bonchev–Trinajstić information content (AvgIpc) is 3.01. The average molecular weight is 421 g/mol. The van der Waals surface area contributed by atoms with E-state index in [2.05, 4.69) is 5.32 Å². The van der Waals surface area contributed by atoms with Crippen LogP contribution in [0, 0.1) is 0 Å². The van der Waals surface area contributed by atoms with Crippen LogP contribution in [0.15, 0.2) is 33.5 Å². The van der Waals surface area contributed by atoms with E-state index in [0.29, 0.717) is 23.3 Å². The molecule has 0 radical (unpaired) electrons. The first-order valence-electron chi connectivity index (χ1n) is 8.97. The number of hydrogen-bond acceptors (Lipinski definition) is 6. The van der Waals surface area contributed by atoms with Gasteiger partial charge in [-0.3, -0.25) is 24.1 Å². The Balaban J connectivity index is 1.59. The molecular formula is C19H17ClN2O5S. The largest absolute Gasteiger partial charge is 0.451 e. The number of rotatable bonds is 3. The van der Waals surface area contributed by atoms with E-state index in [-0.39, 0.29) is 45.8 Å². The Labute approximate surface area is 169 Å². The predicted octanol–water partition coefficient (Wildman–Crippen LogP) is 3.18. The number of benzene rings is 1. The highest BCUT2D eigenvalue weighted by Crippen LogP contribution is 2.30. The smallest absolute Gasteiger partial charge is 0.289 e. The molecule has 1 aliphatic heterocycles. The van der Waals surface area contributed by atoms with E-state index in [1.807, 2.05) is 0 Å². The summed E-state index contributed by atoms with van der Waals surface area (Å²) in [7, 11) is 0. The summed E-state index contributed by atoms with van der Waals surface area (Å²) in [6.07, 6.45) is 3.05. The molecule has 1 saturated heterocycles. The SMILES string of the molecule is O=C(N[C@H]1CCCC[C@H]1N1C(=O)CSC1=O)c1cc(=O)c2cc(Cl)ccc2o1. The van der Waals surface area contributed by atoms with Crippen LogP contribution < -0.4 is 10.7 Å². The summed E-state index contributed by atoms with van der Waals surface area (Å²) < 4.78 is 5.58. The number of imide groups is 1. The molecule has 2 fully saturated rings. The van der Waals surface area contributed by atoms with Crippen molar-refractivity contribution in [1.29, 1.82) is 0 Å². The first kappa shape index (κ1) is 19.0. The number of thioether (sulfide) groups is 1. The molecule has 2 aromatic rings. The molecule has 0 bridgehead atoms. The van der Waals surface area contributed by atoms with Crippen molar-refractivity contribution in [3.63, 3.8) is 0 Å². The van der Waals surface area contributed by atoms with Gasteiger partial charge in [0, 0.05) is 11.1 Å². The maximum absolute atomic E-state index is 12.7. The van der Waals surface area contributed by atoms with Crippen molar-refractivity contribution in [1.82, 2.24) is 10.2 Å². The van der Waals surface area contributed by atoms with Crippen molar-refractivity contribution in [2.75, 3.05) is 5.75 Å². The highest BCUT2D eigenvalue weighted by atomic mass is 35.5. The van der Waals surface area contributed by atoms with E-state index in [4.69, 9.17) is 16.0 Å². The van der Waals surface area contributed by atoms with E-state index in [1.54, 1.807) is 6.07 Å². The molecule has 1 aromatic carbocycles. The lowest BCUT2D eigenvalue weighted by atomic mass is 9.89. The van der Waals surface area contributed by atoms with E-state index >= 15 is 0 Å². The zero-order valence-corrected chi connectivity index (χ0v) is 16.3. The van der Waals surface area contributed by atoms with Gasteiger partial charge < -0.3 is 9.73 Å². The number of hydrogen-bond donors (Lipinski definition) is 1. The van der Waals surface area contributed by atoms with Crippen molar-refractivity contribution < 1.29 is 18.8 Å². The fraction of sp³-hybridized carbons (Fsp3) is 0.368. The van der Waals surface area contributed by atoms with Crippen LogP contribution in [0.5, 0.6) is 0 Å². The van der Waals surface area contributed by atoms with E-state index in [9.17, 15) is 19.2 Å². The Morgan fingerprint density at radius 3 is 2.71 bits per heavy atom. The van der Waals surface area contributed by atoms with Crippen LogP contribution in [0.2, 0.25) is 5.02 Å². The minimum Gasteiger partial charge on any atom is -0.451 e. The molecule has 0 spiro atoms. The van der Waals surface area contributed by atoms with Gasteiger partial charge in [-0.15, -0.1) is 0 Å². The lowest BCUT2D eigenvalue weighted by molar-refractivity contribution is -0.127. The van der Waals surface area contributed by atoms with E-state index in [1.165, 1.54) is 17.0 Å². The van der Waals surface area contributed by atoms with Gasteiger partial charge in [-0.05, 0) is 31.0 Å². The van der Waals surface area contributed by atoms with Gasteiger partial charge >= 0.3 is 0 Å². The van der Waals surface area contributed by atoms with Crippen molar-refractivity contribution in [3.8, 4) is 0 Å². The Morgan fingerprint density at radius 2 is 1.96 bits per heavy atom. The summed E-state index contributed by atoms with van der Waals surface area (Å²) in [6, 6.07) is 4.99. The molecule has 1 saturated carbocycles. The third kappa shape index (κ3) is 3.54. The minimum atomic E-state index is -0.544. The molecule has 146 valence electrons. The van der Waals surface area contributed by atoms with Gasteiger partial charge in [0.2, 0.25) is 5.91 Å². The number of nitrogens with zero attached hydrogens (tertiary/aromatic N) is 1. The topological polar surface area (TPSA) is 96.7 Å². The van der Waals surface area contributed by atoms with Crippen LogP contribution in [0.4, 0.5) is 4.79 Å². The number of fused-ring (bicyclic) bond motifs is 1. The van der Waals surface area contributed by atoms with Gasteiger partial charge in [0.05, 0.1) is 23.2 Å². The molecule has 1 aliphatic carbocycles. The van der Waals surface area contributed by atoms with Gasteiger partial charge in [0.15, 0.2) is 11.2 Å². The van der Waals surface area contributed by atoms with Gasteiger partial charge in [-0.2, -0.15) is 0 Å². The highest BCUT2D eigenvalue weighted by Gasteiger charge is 2.41. The lowest BCUT2D eigenvalue weighted by Crippen LogP contribution is -2.54. The van der Waals surface area contributed by atoms with Gasteiger partial charge in [-0.1, -0.05) is 36.2 Å². The molecular weight excluding hydrogens is 404 g/mol. The zero-order chi connectivity index (χ0) is 19.8. The molecule has 2 aliphatic rings. The highest BCUT2D eigenvalue weighted by molar-refractivity contribution is 8.14. The summed E-state index contributed by atoms with van der Waals surface area (Å²) in [4.78, 5) is 50.5. The Hall–Kier alpha value is -2.32. The second-order valence-electron chi connectivity index (χ2n) is 6.87. The lowest BCUT2D eigenvalue weighted by Gasteiger charge is -2.36. The Morgan fingerprint density at radius 1 is 1.18 bits per heavy atom. The van der Waals surface area contributed by atoms with E-state index < -0.39 is 5.91 Å². The molecule has 7 nitrogen and oxygen atoms in total. The summed E-state index contributed by atoms with van der Waals surface area (Å²) in [6.45, 7) is 0. The Bertz CT molecular complexity index is 1020. The number of nitrogens with one attached hydrogen (secondary N) is 1. The molecule has 1 aromatic heterocycles. The number of halogens is 1. The molecule has 2 atom stereocenters. The molecule has 9 heteroatoms. The number of amides is 3. The number of carbonyl (C=O) groups excluding carboxylic acids is 3. The van der Waals surface area contributed by atoms with Crippen LogP contribution in [0.3, 0.4) is 0 Å². The second-order valence-corrected chi connectivity index (χ2v) is 8.23. The molecule has 0 unspecified atom stereocenters. The first-order chi connectivity index (χ1) is 13.4. The molecule has 2 heterocycles. The monoisotopic (exact) mass is 420 g/mol. The van der Waals surface area contributed by atoms with Crippen LogP contribution in [-0.4, -0.2) is 39.8 Å². The van der Waals surface area contributed by atoms with Crippen molar-refractivity contribution in [2.45, 2.75) is 37.8 Å². The summed E-state index contributed by atoms with van der Waals surface area (Å²) >= 11 is 6.89. The number of carbonyl (C=O) groups is 3. The normalized spacial score (nSPS) is 22.7. The van der Waals surface area contributed by atoms with Gasteiger partial charge in [-0.25, -0.2) is 0 Å². The van der Waals surface area contributed by atoms with Gasteiger partial charge in [0.25, 0.3) is 11.1 Å². The fourth-order valence-electron chi connectivity index (χ4n) is 3.75. The quantitative estimate of drug-likeness (QED) is 0.819. The van der Waals surface area contributed by atoms with Crippen molar-refractivity contribution in [3.05, 3.63) is 45.3 Å². The summed E-state index contributed by atoms with van der Waals surface area (Å²) in [5, 5.41) is 3.28. The predicted molar refractivity (Wildman–Crippen MR) is 106 cm³/mol. The molecule has 4 rings (SSSR count).